The number of nitrogens with one attached hydrogen (secondary N) is 2. The summed E-state index contributed by atoms with van der Waals surface area (Å²) in [5, 5.41) is 4.98. The van der Waals surface area contributed by atoms with Crippen molar-refractivity contribution in [2.75, 3.05) is 32.6 Å². The van der Waals surface area contributed by atoms with E-state index >= 15 is 0 Å². The third-order valence-corrected chi connectivity index (χ3v) is 5.72. The maximum Gasteiger partial charge on any atom is 0.305 e. The molecule has 34 heavy (non-hydrogen) atoms. The molecule has 1 aliphatic heterocycles. The van der Waals surface area contributed by atoms with Crippen LogP contribution in [0.4, 0.5) is 0 Å². The highest BCUT2D eigenvalue weighted by atomic mass is 32.2. The smallest absolute Gasteiger partial charge is 0.305 e. The lowest BCUT2D eigenvalue weighted by Gasteiger charge is -2.40. The van der Waals surface area contributed by atoms with E-state index in [1.54, 1.807) is 0 Å². The van der Waals surface area contributed by atoms with Crippen LogP contribution >= 0.6 is 11.8 Å². The van der Waals surface area contributed by atoms with Crippen molar-refractivity contribution in [3.05, 3.63) is 0 Å². The Bertz CT molecular complexity index is 769. The van der Waals surface area contributed by atoms with Gasteiger partial charge in [0, 0.05) is 37.1 Å². The standard InChI is InChI=1S/C22H34N2O9S/c1-14(25)11-19-32-13-22(2,3)20(33-19)21(30)24-8-7-16(27)23-9-10-34-18(29)12-15(26)5-6-17(28)31-4/h19-20H,5-13H2,1-4H3,(H,23,27)(H,24,30)/t19?,20-/m0/s1. The number of esters is 1. The van der Waals surface area contributed by atoms with Crippen LogP contribution in [0.3, 0.4) is 0 Å². The molecule has 1 rings (SSSR count). The lowest BCUT2D eigenvalue weighted by Crippen LogP contribution is -2.54. The maximum atomic E-state index is 12.5. The predicted octanol–water partition coefficient (Wildman–Crippen LogP) is 0.528. The van der Waals surface area contributed by atoms with Gasteiger partial charge in [-0.3, -0.25) is 28.8 Å². The first-order chi connectivity index (χ1) is 15.9. The molecule has 0 spiro atoms. The molecule has 1 saturated heterocycles. The number of methoxy groups -OCH3 is 1. The van der Waals surface area contributed by atoms with Crippen LogP contribution in [-0.2, 0) is 43.0 Å². The molecular formula is C22H34N2O9S. The van der Waals surface area contributed by atoms with Crippen LogP contribution in [0, 0.1) is 5.41 Å². The molecule has 0 aliphatic carbocycles. The molecule has 2 atom stereocenters. The summed E-state index contributed by atoms with van der Waals surface area (Å²) in [6.45, 7) is 5.64. The molecule has 0 aromatic rings. The minimum absolute atomic E-state index is 0.0386. The number of hydrogen-bond acceptors (Lipinski definition) is 10. The highest BCUT2D eigenvalue weighted by molar-refractivity contribution is 8.13. The molecule has 1 heterocycles. The fraction of sp³-hybridized carbons (Fsp3) is 0.727. The van der Waals surface area contributed by atoms with Gasteiger partial charge < -0.3 is 24.8 Å². The number of hydrogen-bond donors (Lipinski definition) is 2. The van der Waals surface area contributed by atoms with E-state index in [4.69, 9.17) is 9.47 Å². The van der Waals surface area contributed by atoms with Crippen molar-refractivity contribution in [2.45, 2.75) is 65.3 Å². The van der Waals surface area contributed by atoms with Crippen molar-refractivity contribution >= 4 is 46.2 Å². The average molecular weight is 503 g/mol. The predicted molar refractivity (Wildman–Crippen MR) is 123 cm³/mol. The monoisotopic (exact) mass is 502 g/mol. The van der Waals surface area contributed by atoms with E-state index in [2.05, 4.69) is 15.4 Å². The zero-order chi connectivity index (χ0) is 25.7. The Morgan fingerprint density at radius 1 is 1.03 bits per heavy atom. The highest BCUT2D eigenvalue weighted by Gasteiger charge is 2.42. The second-order valence-corrected chi connectivity index (χ2v) is 9.71. The summed E-state index contributed by atoms with van der Waals surface area (Å²) in [4.78, 5) is 70.2. The highest BCUT2D eigenvalue weighted by Crippen LogP contribution is 2.31. The molecular weight excluding hydrogens is 468 g/mol. The topological polar surface area (TPSA) is 154 Å². The molecule has 192 valence electrons. The van der Waals surface area contributed by atoms with E-state index in [1.807, 2.05) is 13.8 Å². The van der Waals surface area contributed by atoms with Crippen LogP contribution in [-0.4, -0.2) is 79.4 Å². The molecule has 12 heteroatoms. The van der Waals surface area contributed by atoms with Gasteiger partial charge in [0.2, 0.25) is 11.8 Å². The summed E-state index contributed by atoms with van der Waals surface area (Å²) in [7, 11) is 1.23. The Balaban J connectivity index is 2.23. The van der Waals surface area contributed by atoms with Crippen LogP contribution in [0.15, 0.2) is 0 Å². The van der Waals surface area contributed by atoms with Gasteiger partial charge in [0.25, 0.3) is 0 Å². The first kappa shape index (κ1) is 29.7. The van der Waals surface area contributed by atoms with Crippen molar-refractivity contribution in [1.29, 1.82) is 0 Å². The summed E-state index contributed by atoms with van der Waals surface area (Å²) in [6, 6.07) is 0. The normalized spacial score (nSPS) is 19.1. The number of rotatable bonds is 14. The molecule has 1 aliphatic rings. The van der Waals surface area contributed by atoms with Gasteiger partial charge in [0.15, 0.2) is 11.4 Å². The number of amides is 2. The van der Waals surface area contributed by atoms with E-state index in [1.165, 1.54) is 14.0 Å². The number of carbonyl (C=O) groups is 6. The number of thioether (sulfide) groups is 1. The Morgan fingerprint density at radius 3 is 2.38 bits per heavy atom. The molecule has 0 saturated carbocycles. The van der Waals surface area contributed by atoms with Crippen molar-refractivity contribution < 1.29 is 43.0 Å². The van der Waals surface area contributed by atoms with Gasteiger partial charge in [0.05, 0.1) is 33.0 Å². The maximum absolute atomic E-state index is 12.5. The van der Waals surface area contributed by atoms with Crippen molar-refractivity contribution in [3.8, 4) is 0 Å². The van der Waals surface area contributed by atoms with Gasteiger partial charge in [-0.05, 0) is 6.92 Å². The largest absolute Gasteiger partial charge is 0.469 e. The molecule has 0 aromatic heterocycles. The van der Waals surface area contributed by atoms with Gasteiger partial charge >= 0.3 is 5.97 Å². The molecule has 1 unspecified atom stereocenters. The number of carbonyl (C=O) groups excluding carboxylic acids is 6. The Hall–Kier alpha value is -2.31. The van der Waals surface area contributed by atoms with E-state index < -0.39 is 23.8 Å². The molecule has 0 radical (unpaired) electrons. The summed E-state index contributed by atoms with van der Waals surface area (Å²) in [6.07, 6.45) is -1.87. The lowest BCUT2D eigenvalue weighted by atomic mass is 9.85. The molecule has 11 nitrogen and oxygen atoms in total. The second kappa shape index (κ2) is 14.8. The average Bonchev–Trinajstić information content (AvgIpc) is 2.75. The zero-order valence-corrected chi connectivity index (χ0v) is 20.9. The van der Waals surface area contributed by atoms with Crippen LogP contribution in [0.1, 0.15) is 52.9 Å². The number of Topliss-reactive ketones (excluding diaryl/α,β-unsaturated/α-hetero) is 2. The number of ether oxygens (including phenoxy) is 3. The summed E-state index contributed by atoms with van der Waals surface area (Å²) >= 11 is 0.926. The minimum Gasteiger partial charge on any atom is -0.469 e. The Labute approximate surface area is 203 Å². The van der Waals surface area contributed by atoms with Gasteiger partial charge in [-0.2, -0.15) is 0 Å². The summed E-state index contributed by atoms with van der Waals surface area (Å²) in [5.41, 5.74) is -0.593. The lowest BCUT2D eigenvalue weighted by molar-refractivity contribution is -0.253. The van der Waals surface area contributed by atoms with Gasteiger partial charge in [-0.25, -0.2) is 0 Å². The summed E-state index contributed by atoms with van der Waals surface area (Å²) < 4.78 is 15.6. The van der Waals surface area contributed by atoms with Crippen molar-refractivity contribution in [1.82, 2.24) is 10.6 Å². The minimum atomic E-state index is -0.814. The van der Waals surface area contributed by atoms with Gasteiger partial charge in [-0.1, -0.05) is 25.6 Å². The molecule has 1 fully saturated rings. The van der Waals surface area contributed by atoms with E-state index in [-0.39, 0.29) is 80.3 Å². The SMILES string of the molecule is COC(=O)CCC(=O)CC(=O)SCCNC(=O)CCNC(=O)[C@@H]1OC(CC(C)=O)OCC1(C)C. The first-order valence-electron chi connectivity index (χ1n) is 11.0. The van der Waals surface area contributed by atoms with Crippen LogP contribution in [0.2, 0.25) is 0 Å². The quantitative estimate of drug-likeness (QED) is 0.195. The van der Waals surface area contributed by atoms with E-state index in [9.17, 15) is 28.8 Å². The fourth-order valence-corrected chi connectivity index (χ4v) is 3.69. The Morgan fingerprint density at radius 2 is 1.74 bits per heavy atom. The number of ketones is 2. The second-order valence-electron chi connectivity index (χ2n) is 8.55. The first-order valence-corrected chi connectivity index (χ1v) is 12.0. The molecule has 0 aromatic carbocycles. The van der Waals surface area contributed by atoms with E-state index in [0.29, 0.717) is 5.75 Å². The zero-order valence-electron chi connectivity index (χ0n) is 20.1. The van der Waals surface area contributed by atoms with Gasteiger partial charge in [-0.15, -0.1) is 0 Å². The van der Waals surface area contributed by atoms with Crippen molar-refractivity contribution in [3.63, 3.8) is 0 Å². The Kier molecular flexibility index (Phi) is 13.0. The third kappa shape index (κ3) is 11.7. The van der Waals surface area contributed by atoms with Gasteiger partial charge in [0.1, 0.15) is 17.7 Å². The van der Waals surface area contributed by atoms with Crippen LogP contribution in [0.5, 0.6) is 0 Å². The van der Waals surface area contributed by atoms with Crippen LogP contribution in [0.25, 0.3) is 0 Å². The fourth-order valence-electron chi connectivity index (χ4n) is 3.00. The summed E-state index contributed by atoms with van der Waals surface area (Å²) in [5.74, 6) is -1.34. The van der Waals surface area contributed by atoms with Crippen LogP contribution < -0.4 is 10.6 Å². The third-order valence-electron chi connectivity index (χ3n) is 4.85. The molecule has 0 bridgehead atoms. The van der Waals surface area contributed by atoms with E-state index in [0.717, 1.165) is 11.8 Å². The van der Waals surface area contributed by atoms with Crippen molar-refractivity contribution in [2.24, 2.45) is 5.41 Å². The molecule has 2 amide bonds. The molecule has 2 N–H and O–H groups in total.